The fourth-order valence-electron chi connectivity index (χ4n) is 2.03. The molecule has 8 nitrogen and oxygen atoms in total. The minimum atomic E-state index is -0.780. The molecule has 1 atom stereocenters. The maximum Gasteiger partial charge on any atom is 0.306 e. The fraction of sp³-hybridized carbons (Fsp3) is 0.357. The van der Waals surface area contributed by atoms with Crippen LogP contribution < -0.4 is 10.1 Å². The molecule has 1 aromatic carbocycles. The predicted octanol–water partition coefficient (Wildman–Crippen LogP) is 1.09. The highest BCUT2D eigenvalue weighted by atomic mass is 19.1. The molecule has 0 saturated carbocycles. The number of nitrogens with one attached hydrogen (secondary N) is 1. The molecule has 0 fully saturated rings. The van der Waals surface area contributed by atoms with E-state index in [1.54, 1.807) is 6.07 Å². The Morgan fingerprint density at radius 2 is 2.35 bits per heavy atom. The Morgan fingerprint density at radius 1 is 1.57 bits per heavy atom. The maximum atomic E-state index is 13.5. The number of aliphatic hydroxyl groups excluding tert-OH is 1. The van der Waals surface area contributed by atoms with Crippen LogP contribution in [0.2, 0.25) is 0 Å². The third kappa shape index (κ3) is 4.73. The smallest absolute Gasteiger partial charge is 0.306 e. The summed E-state index contributed by atoms with van der Waals surface area (Å²) >= 11 is 0. The topological polar surface area (TPSA) is 102 Å². The highest BCUT2D eigenvalue weighted by molar-refractivity contribution is 5.29. The molecule has 0 aliphatic heterocycles. The first-order chi connectivity index (χ1) is 11.0. The van der Waals surface area contributed by atoms with E-state index < -0.39 is 16.8 Å². The lowest BCUT2D eigenvalue weighted by Gasteiger charge is -2.12. The number of benzene rings is 1. The molecule has 1 unspecified atom stereocenters. The summed E-state index contributed by atoms with van der Waals surface area (Å²) in [5, 5.41) is 27.2. The van der Waals surface area contributed by atoms with Crippen molar-refractivity contribution in [1.82, 2.24) is 15.1 Å². The second-order valence-electron chi connectivity index (χ2n) is 4.93. The Balaban J connectivity index is 1.79. The van der Waals surface area contributed by atoms with E-state index in [1.165, 1.54) is 30.1 Å². The Bertz CT molecular complexity index is 677. The third-order valence-corrected chi connectivity index (χ3v) is 3.15. The maximum absolute atomic E-state index is 13.5. The third-order valence-electron chi connectivity index (χ3n) is 3.15. The first-order valence-electron chi connectivity index (χ1n) is 6.87. The lowest BCUT2D eigenvalue weighted by Crippen LogP contribution is -2.30. The van der Waals surface area contributed by atoms with Crippen molar-refractivity contribution >= 4 is 5.69 Å². The summed E-state index contributed by atoms with van der Waals surface area (Å²) < 4.78 is 19.7. The summed E-state index contributed by atoms with van der Waals surface area (Å²) in [6.45, 7) is 0.732. The van der Waals surface area contributed by atoms with Crippen LogP contribution in [0.3, 0.4) is 0 Å². The summed E-state index contributed by atoms with van der Waals surface area (Å²) in [4.78, 5) is 9.99. The zero-order valence-corrected chi connectivity index (χ0v) is 12.5. The number of rotatable bonds is 8. The SMILES string of the molecule is COc1ccc(CNCC(O)Cn2cc([N+](=O)[O-])cn2)cc1F. The average molecular weight is 324 g/mol. The number of hydrogen-bond acceptors (Lipinski definition) is 6. The van der Waals surface area contributed by atoms with Crippen LogP contribution in [0, 0.1) is 15.9 Å². The van der Waals surface area contributed by atoms with Crippen molar-refractivity contribution in [1.29, 1.82) is 0 Å². The summed E-state index contributed by atoms with van der Waals surface area (Å²) in [7, 11) is 1.40. The molecule has 23 heavy (non-hydrogen) atoms. The van der Waals surface area contributed by atoms with E-state index in [0.717, 1.165) is 6.20 Å². The van der Waals surface area contributed by atoms with Gasteiger partial charge in [0.1, 0.15) is 12.4 Å². The molecule has 1 heterocycles. The summed E-state index contributed by atoms with van der Waals surface area (Å²) in [6, 6.07) is 4.61. The van der Waals surface area contributed by atoms with Crippen LogP contribution in [-0.2, 0) is 13.1 Å². The van der Waals surface area contributed by atoms with E-state index in [-0.39, 0.29) is 24.5 Å². The highest BCUT2D eigenvalue weighted by Crippen LogP contribution is 2.17. The van der Waals surface area contributed by atoms with Gasteiger partial charge in [0, 0.05) is 13.1 Å². The standard InChI is InChI=1S/C14H17FN4O4/c1-23-14-3-2-10(4-13(14)15)5-16-7-12(20)9-18-8-11(6-17-18)19(21)22/h2-4,6,8,12,16,20H,5,7,9H2,1H3. The van der Waals surface area contributed by atoms with E-state index in [1.807, 2.05) is 0 Å². The van der Waals surface area contributed by atoms with Crippen LogP contribution in [0.25, 0.3) is 0 Å². The Kier molecular flexibility index (Phi) is 5.61. The minimum Gasteiger partial charge on any atom is -0.494 e. The number of hydrogen-bond donors (Lipinski definition) is 2. The summed E-state index contributed by atoms with van der Waals surface area (Å²) in [5.41, 5.74) is 0.587. The lowest BCUT2D eigenvalue weighted by molar-refractivity contribution is -0.385. The van der Waals surface area contributed by atoms with Crippen LogP contribution in [0.5, 0.6) is 5.75 Å². The van der Waals surface area contributed by atoms with Gasteiger partial charge in [-0.1, -0.05) is 6.07 Å². The number of aromatic nitrogens is 2. The molecule has 124 valence electrons. The van der Waals surface area contributed by atoms with E-state index in [9.17, 15) is 19.6 Å². The molecule has 0 amide bonds. The molecule has 2 aromatic rings. The van der Waals surface area contributed by atoms with Gasteiger partial charge in [0.15, 0.2) is 11.6 Å². The van der Waals surface area contributed by atoms with Crippen molar-refractivity contribution in [3.05, 3.63) is 52.1 Å². The number of halogens is 1. The lowest BCUT2D eigenvalue weighted by atomic mass is 10.2. The molecule has 0 spiro atoms. The van der Waals surface area contributed by atoms with Gasteiger partial charge >= 0.3 is 5.69 Å². The Morgan fingerprint density at radius 3 is 2.96 bits per heavy atom. The second-order valence-corrected chi connectivity index (χ2v) is 4.93. The molecule has 2 rings (SSSR count). The Labute approximate surface area is 131 Å². The van der Waals surface area contributed by atoms with Gasteiger partial charge in [0.2, 0.25) is 0 Å². The number of nitro groups is 1. The van der Waals surface area contributed by atoms with Gasteiger partial charge in [0.25, 0.3) is 0 Å². The van der Waals surface area contributed by atoms with Crippen molar-refractivity contribution in [3.8, 4) is 5.75 Å². The van der Waals surface area contributed by atoms with Crippen molar-refractivity contribution in [3.63, 3.8) is 0 Å². The van der Waals surface area contributed by atoms with Crippen LogP contribution >= 0.6 is 0 Å². The number of ether oxygens (including phenoxy) is 1. The second kappa shape index (κ2) is 7.65. The first-order valence-corrected chi connectivity index (χ1v) is 6.87. The number of methoxy groups -OCH3 is 1. The van der Waals surface area contributed by atoms with E-state index in [2.05, 4.69) is 10.4 Å². The van der Waals surface area contributed by atoms with Crippen molar-refractivity contribution < 1.29 is 19.2 Å². The zero-order valence-electron chi connectivity index (χ0n) is 12.5. The first kappa shape index (κ1) is 16.8. The van der Waals surface area contributed by atoms with Gasteiger partial charge in [-0.05, 0) is 17.7 Å². The zero-order chi connectivity index (χ0) is 16.8. The monoisotopic (exact) mass is 324 g/mol. The van der Waals surface area contributed by atoms with Crippen molar-refractivity contribution in [2.45, 2.75) is 19.2 Å². The summed E-state index contributed by atoms with van der Waals surface area (Å²) in [6.07, 6.45) is 1.60. The minimum absolute atomic E-state index is 0.123. The number of nitrogens with zero attached hydrogens (tertiary/aromatic N) is 3. The van der Waals surface area contributed by atoms with Gasteiger partial charge in [-0.25, -0.2) is 4.39 Å². The van der Waals surface area contributed by atoms with Crippen molar-refractivity contribution in [2.24, 2.45) is 0 Å². The molecule has 0 saturated heterocycles. The average Bonchev–Trinajstić information content (AvgIpc) is 2.96. The fourth-order valence-corrected chi connectivity index (χ4v) is 2.03. The van der Waals surface area contributed by atoms with E-state index >= 15 is 0 Å². The Hall–Kier alpha value is -2.52. The predicted molar refractivity (Wildman–Crippen MR) is 79.5 cm³/mol. The van der Waals surface area contributed by atoms with Crippen LogP contribution in [-0.4, -0.2) is 39.6 Å². The molecular formula is C14H17FN4O4. The van der Waals surface area contributed by atoms with E-state index in [4.69, 9.17) is 4.74 Å². The molecular weight excluding hydrogens is 307 g/mol. The molecule has 1 aromatic heterocycles. The normalized spacial score (nSPS) is 12.1. The van der Waals surface area contributed by atoms with Gasteiger partial charge in [0.05, 0.1) is 24.7 Å². The molecule has 9 heteroatoms. The molecule has 0 radical (unpaired) electrons. The van der Waals surface area contributed by atoms with Crippen molar-refractivity contribution in [2.75, 3.05) is 13.7 Å². The largest absolute Gasteiger partial charge is 0.494 e. The van der Waals surface area contributed by atoms with E-state index in [0.29, 0.717) is 12.1 Å². The van der Waals surface area contributed by atoms with Gasteiger partial charge < -0.3 is 15.2 Å². The van der Waals surface area contributed by atoms with Crippen LogP contribution in [0.15, 0.2) is 30.6 Å². The molecule has 0 aliphatic rings. The van der Waals surface area contributed by atoms with Crippen LogP contribution in [0.1, 0.15) is 5.56 Å². The van der Waals surface area contributed by atoms with Gasteiger partial charge in [-0.15, -0.1) is 0 Å². The number of aliphatic hydroxyl groups is 1. The summed E-state index contributed by atoms with van der Waals surface area (Å²) in [5.74, 6) is -0.273. The highest BCUT2D eigenvalue weighted by Gasteiger charge is 2.12. The van der Waals surface area contributed by atoms with Crippen LogP contribution in [0.4, 0.5) is 10.1 Å². The molecule has 2 N–H and O–H groups in total. The molecule has 0 aliphatic carbocycles. The molecule has 0 bridgehead atoms. The quantitative estimate of drug-likeness (QED) is 0.556. The van der Waals surface area contributed by atoms with Gasteiger partial charge in [-0.3, -0.25) is 14.8 Å². The van der Waals surface area contributed by atoms with Gasteiger partial charge in [-0.2, -0.15) is 5.10 Å².